The Kier molecular flexibility index (Phi) is 12.5. The minimum absolute atomic E-state index is 0.620. The van der Waals surface area contributed by atoms with Gasteiger partial charge in [-0.15, -0.1) is 0 Å². The SMILES string of the molecule is CCSCc1cc2ccccc2c(-c2cccc3ccccc23)c1[Si](C)C.CCSCc1cc2ccccc2c(-c2cccc3ccccc23)c1[Si](C)C. The van der Waals surface area contributed by atoms with E-state index in [1.165, 1.54) is 76.5 Å². The van der Waals surface area contributed by atoms with Gasteiger partial charge in [-0.1, -0.05) is 186 Å². The Hall–Kier alpha value is -4.07. The van der Waals surface area contributed by atoms with Crippen molar-refractivity contribution in [2.75, 3.05) is 11.5 Å². The van der Waals surface area contributed by atoms with Crippen LogP contribution in [0.1, 0.15) is 25.0 Å². The molecule has 0 heterocycles. The number of hydrogen-bond donors (Lipinski definition) is 0. The van der Waals surface area contributed by atoms with E-state index in [2.05, 4.69) is 186 Å². The molecule has 0 nitrogen and oxygen atoms in total. The summed E-state index contributed by atoms with van der Waals surface area (Å²) in [4.78, 5) is 0. The molecule has 0 atom stereocenters. The van der Waals surface area contributed by atoms with Crippen molar-refractivity contribution in [3.05, 3.63) is 157 Å². The van der Waals surface area contributed by atoms with Crippen LogP contribution in [-0.4, -0.2) is 29.1 Å². The van der Waals surface area contributed by atoms with Crippen LogP contribution in [0, 0.1) is 0 Å². The van der Waals surface area contributed by atoms with Crippen LogP contribution in [0.3, 0.4) is 0 Å². The maximum atomic E-state index is 2.44. The first kappa shape index (κ1) is 38.2. The predicted molar refractivity (Wildman–Crippen MR) is 252 cm³/mol. The summed E-state index contributed by atoms with van der Waals surface area (Å²) in [6, 6.07) is 53.8. The van der Waals surface area contributed by atoms with Crippen LogP contribution < -0.4 is 10.4 Å². The van der Waals surface area contributed by atoms with Crippen LogP contribution in [0.25, 0.3) is 65.3 Å². The van der Waals surface area contributed by atoms with Gasteiger partial charge >= 0.3 is 0 Å². The number of hydrogen-bond acceptors (Lipinski definition) is 2. The molecule has 8 aromatic rings. The van der Waals surface area contributed by atoms with E-state index in [1.54, 1.807) is 10.4 Å². The lowest BCUT2D eigenvalue weighted by atomic mass is 9.92. The lowest BCUT2D eigenvalue weighted by molar-refractivity contribution is 1.43. The van der Waals surface area contributed by atoms with Gasteiger partial charge in [0.05, 0.1) is 17.6 Å². The summed E-state index contributed by atoms with van der Waals surface area (Å²) in [6.45, 7) is 14.2. The van der Waals surface area contributed by atoms with E-state index in [0.29, 0.717) is 0 Å². The molecule has 0 saturated heterocycles. The molecule has 0 aliphatic carbocycles. The van der Waals surface area contributed by atoms with Crippen LogP contribution >= 0.6 is 23.5 Å². The number of benzene rings is 8. The molecule has 270 valence electrons. The standard InChI is InChI=1S/2C25H25SSi/c2*1-4-26-17-20-16-19-11-6-8-14-22(19)24(25(20)27(2)3)23-15-9-12-18-10-5-7-13-21(18)23/h2*5-16H,4,17H2,1-3H3. The maximum Gasteiger partial charge on any atom is 0.0804 e. The maximum absolute atomic E-state index is 2.44. The lowest BCUT2D eigenvalue weighted by Crippen LogP contribution is -2.29. The van der Waals surface area contributed by atoms with Gasteiger partial charge in [0.2, 0.25) is 0 Å². The van der Waals surface area contributed by atoms with Gasteiger partial charge < -0.3 is 0 Å². The molecule has 8 aromatic carbocycles. The van der Waals surface area contributed by atoms with Crippen LogP contribution in [0.5, 0.6) is 0 Å². The van der Waals surface area contributed by atoms with Crippen LogP contribution in [0.4, 0.5) is 0 Å². The Bertz CT molecular complexity index is 2360. The third-order valence-electron chi connectivity index (χ3n) is 10.3. The molecule has 0 N–H and O–H groups in total. The molecule has 0 amide bonds. The van der Waals surface area contributed by atoms with E-state index in [-0.39, 0.29) is 0 Å². The monoisotopic (exact) mass is 770 g/mol. The molecule has 0 unspecified atom stereocenters. The largest absolute Gasteiger partial charge is 0.158 e. The Morgan fingerprint density at radius 2 is 0.722 bits per heavy atom. The van der Waals surface area contributed by atoms with Crippen molar-refractivity contribution in [3.63, 3.8) is 0 Å². The summed E-state index contributed by atoms with van der Waals surface area (Å²) in [5.41, 5.74) is 8.76. The highest BCUT2D eigenvalue weighted by molar-refractivity contribution is 7.98. The molecule has 0 aromatic heterocycles. The van der Waals surface area contributed by atoms with Crippen LogP contribution in [0.2, 0.25) is 26.2 Å². The summed E-state index contributed by atoms with van der Waals surface area (Å²) in [5, 5.41) is 14.1. The van der Waals surface area contributed by atoms with Gasteiger partial charge in [-0.3, -0.25) is 0 Å². The minimum atomic E-state index is -0.620. The number of rotatable bonds is 10. The third-order valence-corrected chi connectivity index (χ3v) is 15.3. The second-order valence-electron chi connectivity index (χ2n) is 14.3. The highest BCUT2D eigenvalue weighted by atomic mass is 32.2. The summed E-state index contributed by atoms with van der Waals surface area (Å²) >= 11 is 4.05. The van der Waals surface area contributed by atoms with Gasteiger partial charge in [0.25, 0.3) is 0 Å². The second kappa shape index (κ2) is 17.6. The summed E-state index contributed by atoms with van der Waals surface area (Å²) < 4.78 is 0. The normalized spacial score (nSPS) is 11.6. The first-order valence-corrected chi connectivity index (χ1v) is 26.5. The van der Waals surface area contributed by atoms with Gasteiger partial charge in [0.1, 0.15) is 0 Å². The van der Waals surface area contributed by atoms with Gasteiger partial charge in [-0.25, -0.2) is 0 Å². The first-order valence-electron chi connectivity index (χ1n) is 19.2. The Balaban J connectivity index is 0.000000167. The zero-order chi connectivity index (χ0) is 37.6. The fourth-order valence-corrected chi connectivity index (χ4v) is 12.8. The van der Waals surface area contributed by atoms with Gasteiger partial charge in [0, 0.05) is 11.5 Å². The molecule has 0 aliphatic rings. The quantitative estimate of drug-likeness (QED) is 0.127. The predicted octanol–water partition coefficient (Wildman–Crippen LogP) is 13.7. The van der Waals surface area contributed by atoms with Gasteiger partial charge in [-0.05, 0) is 98.3 Å². The number of thioether (sulfide) groups is 2. The molecule has 0 fully saturated rings. The molecule has 54 heavy (non-hydrogen) atoms. The van der Waals surface area contributed by atoms with Crippen molar-refractivity contribution in [1.82, 2.24) is 0 Å². The zero-order valence-electron chi connectivity index (χ0n) is 32.5. The second-order valence-corrected chi connectivity index (χ2v) is 21.9. The number of fused-ring (bicyclic) bond motifs is 4. The van der Waals surface area contributed by atoms with Gasteiger partial charge in [-0.2, -0.15) is 23.5 Å². The average Bonchev–Trinajstić information content (AvgIpc) is 3.20. The highest BCUT2D eigenvalue weighted by Gasteiger charge is 2.21. The fraction of sp³-hybridized carbons (Fsp3) is 0.200. The lowest BCUT2D eigenvalue weighted by Gasteiger charge is -2.21. The minimum Gasteiger partial charge on any atom is -0.158 e. The fourth-order valence-electron chi connectivity index (χ4n) is 8.05. The molecule has 0 bridgehead atoms. The summed E-state index contributed by atoms with van der Waals surface area (Å²) in [6.07, 6.45) is 0. The summed E-state index contributed by atoms with van der Waals surface area (Å²) in [7, 11) is -1.24. The van der Waals surface area contributed by atoms with E-state index in [9.17, 15) is 0 Å². The molecular formula is C50H50S2Si2. The highest BCUT2D eigenvalue weighted by Crippen LogP contribution is 2.37. The van der Waals surface area contributed by atoms with Crippen LogP contribution in [-0.2, 0) is 11.5 Å². The molecule has 0 spiro atoms. The molecule has 0 saturated carbocycles. The van der Waals surface area contributed by atoms with E-state index in [0.717, 1.165) is 23.0 Å². The third kappa shape index (κ3) is 7.86. The van der Waals surface area contributed by atoms with E-state index >= 15 is 0 Å². The molecular weight excluding hydrogens is 721 g/mol. The van der Waals surface area contributed by atoms with E-state index in [1.807, 2.05) is 23.5 Å². The average molecular weight is 771 g/mol. The van der Waals surface area contributed by atoms with Crippen LogP contribution in [0.15, 0.2) is 146 Å². The Morgan fingerprint density at radius 3 is 1.09 bits per heavy atom. The smallest absolute Gasteiger partial charge is 0.0804 e. The van der Waals surface area contributed by atoms with Crippen molar-refractivity contribution in [2.24, 2.45) is 0 Å². The molecule has 2 radical (unpaired) electrons. The van der Waals surface area contributed by atoms with E-state index < -0.39 is 17.6 Å². The zero-order valence-corrected chi connectivity index (χ0v) is 36.1. The molecule has 8 rings (SSSR count). The Morgan fingerprint density at radius 1 is 0.389 bits per heavy atom. The van der Waals surface area contributed by atoms with Crippen molar-refractivity contribution >= 4 is 94.6 Å². The Labute approximate surface area is 334 Å². The van der Waals surface area contributed by atoms with Crippen molar-refractivity contribution in [2.45, 2.75) is 51.5 Å². The molecule has 0 aliphatic heterocycles. The first-order chi connectivity index (χ1) is 26.4. The molecule has 4 heteroatoms. The van der Waals surface area contributed by atoms with Crippen molar-refractivity contribution < 1.29 is 0 Å². The summed E-state index contributed by atoms with van der Waals surface area (Å²) in [5.74, 6) is 4.52. The topological polar surface area (TPSA) is 0 Å². The van der Waals surface area contributed by atoms with E-state index in [4.69, 9.17) is 0 Å². The van der Waals surface area contributed by atoms with Gasteiger partial charge in [0.15, 0.2) is 0 Å². The van der Waals surface area contributed by atoms with Crippen molar-refractivity contribution in [3.8, 4) is 22.3 Å². The van der Waals surface area contributed by atoms with Crippen molar-refractivity contribution in [1.29, 1.82) is 0 Å².